The molecule has 21 heavy (non-hydrogen) atoms. The first kappa shape index (κ1) is 13.8. The van der Waals surface area contributed by atoms with Crippen molar-refractivity contribution in [1.82, 2.24) is 0 Å². The molecule has 0 fully saturated rings. The molecule has 0 radical (unpaired) electrons. The Morgan fingerprint density at radius 1 is 0.810 bits per heavy atom. The van der Waals surface area contributed by atoms with Gasteiger partial charge in [0.2, 0.25) is 0 Å². The minimum absolute atomic E-state index is 0.330. The maximum atomic E-state index is 9.02. The fraction of sp³-hybridized carbons (Fsp3) is 0.0588. The van der Waals surface area contributed by atoms with Crippen LogP contribution in [0, 0.1) is 35.8 Å². The fourth-order valence-corrected chi connectivity index (χ4v) is 1.99. The second-order valence-electron chi connectivity index (χ2n) is 4.33. The zero-order chi connectivity index (χ0) is 15.2. The normalized spacial score (nSPS) is 8.95. The second-order valence-corrected chi connectivity index (χ2v) is 4.33. The van der Waals surface area contributed by atoms with Crippen LogP contribution in [-0.4, -0.2) is 0 Å². The molecule has 0 heterocycles. The highest BCUT2D eigenvalue weighted by atomic mass is 14.7. The minimum Gasteiger partial charge on any atom is -0.250 e. The van der Waals surface area contributed by atoms with Crippen molar-refractivity contribution < 1.29 is 0 Å². The van der Waals surface area contributed by atoms with Crippen molar-refractivity contribution in [1.29, 1.82) is 10.5 Å². The van der Waals surface area contributed by atoms with Crippen LogP contribution in [-0.2, 0) is 6.42 Å². The van der Waals surface area contributed by atoms with Crippen LogP contribution in [0.15, 0.2) is 36.4 Å². The number of hydrogen-bond acceptors (Lipinski definition) is 2. The second kappa shape index (κ2) is 6.03. The van der Waals surface area contributed by atoms with Crippen molar-refractivity contribution in [2.75, 3.05) is 0 Å². The molecule has 0 aliphatic heterocycles. The Bertz CT molecular complexity index is 794. The summed E-state index contributed by atoms with van der Waals surface area (Å²) in [6.07, 6.45) is 0.543. The van der Waals surface area contributed by atoms with Gasteiger partial charge in [-0.25, -0.2) is 0 Å². The summed E-state index contributed by atoms with van der Waals surface area (Å²) in [7, 11) is 0. The van der Waals surface area contributed by atoms with Crippen molar-refractivity contribution >= 4 is 11.4 Å². The first-order valence-corrected chi connectivity index (χ1v) is 6.02. The first-order valence-electron chi connectivity index (χ1n) is 6.02. The van der Waals surface area contributed by atoms with E-state index in [9.17, 15) is 0 Å². The van der Waals surface area contributed by atoms with Gasteiger partial charge in [-0.1, -0.05) is 29.8 Å². The summed E-state index contributed by atoms with van der Waals surface area (Å²) in [6, 6.07) is 14.2. The SMILES string of the molecule is [C-]#[N+]c1ccc(Cc2ccc(C#N)c(C#N)c2)cc1[N+]#[C-]. The summed E-state index contributed by atoms with van der Waals surface area (Å²) >= 11 is 0. The van der Waals surface area contributed by atoms with E-state index in [0.29, 0.717) is 28.9 Å². The first-order chi connectivity index (χ1) is 10.2. The molecule has 0 aromatic heterocycles. The standard InChI is InChI=1S/C17H8N4/c1-20-16-6-4-13(9-17(16)21-2)7-12-3-5-14(10-18)15(8-12)11-19/h3-6,8-9H,7H2. The lowest BCUT2D eigenvalue weighted by molar-refractivity contribution is 1.19. The lowest BCUT2D eigenvalue weighted by Gasteiger charge is -2.05. The van der Waals surface area contributed by atoms with E-state index in [1.807, 2.05) is 12.1 Å². The summed E-state index contributed by atoms with van der Waals surface area (Å²) < 4.78 is 0. The number of hydrogen-bond donors (Lipinski definition) is 0. The van der Waals surface area contributed by atoms with Crippen LogP contribution in [0.25, 0.3) is 9.69 Å². The Kier molecular flexibility index (Phi) is 3.97. The third-order valence-corrected chi connectivity index (χ3v) is 3.01. The summed E-state index contributed by atoms with van der Waals surface area (Å²) in [5, 5.41) is 17.9. The van der Waals surface area contributed by atoms with E-state index in [2.05, 4.69) is 9.69 Å². The van der Waals surface area contributed by atoms with Crippen LogP contribution in [0.2, 0.25) is 0 Å². The summed E-state index contributed by atoms with van der Waals surface area (Å²) in [5.74, 6) is 0. The highest BCUT2D eigenvalue weighted by Gasteiger charge is 2.06. The van der Waals surface area contributed by atoms with Gasteiger partial charge in [-0.3, -0.25) is 9.69 Å². The molecule has 0 aliphatic rings. The van der Waals surface area contributed by atoms with Gasteiger partial charge in [0.25, 0.3) is 0 Å². The highest BCUT2D eigenvalue weighted by Crippen LogP contribution is 2.29. The van der Waals surface area contributed by atoms with Crippen LogP contribution in [0.3, 0.4) is 0 Å². The number of benzene rings is 2. The van der Waals surface area contributed by atoms with E-state index in [0.717, 1.165) is 11.1 Å². The smallest absolute Gasteiger partial charge is 0.194 e. The molecule has 0 spiro atoms. The van der Waals surface area contributed by atoms with Crippen molar-refractivity contribution in [2.45, 2.75) is 6.42 Å². The Morgan fingerprint density at radius 2 is 1.43 bits per heavy atom. The van der Waals surface area contributed by atoms with Gasteiger partial charge in [-0.15, -0.1) is 0 Å². The van der Waals surface area contributed by atoms with E-state index in [1.165, 1.54) is 0 Å². The molecular formula is C17H8N4. The number of nitriles is 2. The fourth-order valence-electron chi connectivity index (χ4n) is 1.99. The quantitative estimate of drug-likeness (QED) is 0.769. The summed E-state index contributed by atoms with van der Waals surface area (Å²) in [5.41, 5.74) is 3.15. The van der Waals surface area contributed by atoms with E-state index in [-0.39, 0.29) is 0 Å². The Hall–Kier alpha value is -3.60. The largest absolute Gasteiger partial charge is 0.250 e. The average Bonchev–Trinajstić information content (AvgIpc) is 2.54. The molecular weight excluding hydrogens is 260 g/mol. The van der Waals surface area contributed by atoms with E-state index < -0.39 is 0 Å². The monoisotopic (exact) mass is 268 g/mol. The summed E-state index contributed by atoms with van der Waals surface area (Å²) in [4.78, 5) is 6.64. The van der Waals surface area contributed by atoms with Gasteiger partial charge in [0.1, 0.15) is 12.1 Å². The molecule has 0 N–H and O–H groups in total. The third kappa shape index (κ3) is 2.87. The minimum atomic E-state index is 0.330. The van der Waals surface area contributed by atoms with Gasteiger partial charge >= 0.3 is 0 Å². The average molecular weight is 268 g/mol. The molecule has 4 nitrogen and oxygen atoms in total. The summed E-state index contributed by atoms with van der Waals surface area (Å²) in [6.45, 7) is 14.1. The molecule has 0 saturated carbocycles. The molecule has 0 saturated heterocycles. The molecule has 2 aromatic rings. The number of nitrogens with zero attached hydrogens (tertiary/aromatic N) is 4. The van der Waals surface area contributed by atoms with Crippen molar-refractivity contribution in [3.8, 4) is 12.1 Å². The molecule has 0 unspecified atom stereocenters. The van der Waals surface area contributed by atoms with Gasteiger partial charge in [0.15, 0.2) is 11.4 Å². The van der Waals surface area contributed by atoms with Crippen LogP contribution in [0.5, 0.6) is 0 Å². The molecule has 0 aliphatic carbocycles. The highest BCUT2D eigenvalue weighted by molar-refractivity contribution is 5.71. The lowest BCUT2D eigenvalue weighted by atomic mass is 9.99. The molecule has 4 heteroatoms. The molecule has 96 valence electrons. The van der Waals surface area contributed by atoms with Crippen LogP contribution >= 0.6 is 0 Å². The topological polar surface area (TPSA) is 56.3 Å². The van der Waals surface area contributed by atoms with E-state index in [1.54, 1.807) is 36.4 Å². The van der Waals surface area contributed by atoms with Crippen molar-refractivity contribution in [2.24, 2.45) is 0 Å². The van der Waals surface area contributed by atoms with Crippen LogP contribution < -0.4 is 0 Å². The van der Waals surface area contributed by atoms with Crippen molar-refractivity contribution in [3.05, 3.63) is 81.5 Å². The van der Waals surface area contributed by atoms with Gasteiger partial charge in [0.05, 0.1) is 24.3 Å². The lowest BCUT2D eigenvalue weighted by Crippen LogP contribution is -1.91. The van der Waals surface area contributed by atoms with Crippen LogP contribution in [0.4, 0.5) is 11.4 Å². The van der Waals surface area contributed by atoms with Crippen molar-refractivity contribution in [3.63, 3.8) is 0 Å². The zero-order valence-corrected chi connectivity index (χ0v) is 11.0. The number of rotatable bonds is 2. The maximum Gasteiger partial charge on any atom is 0.194 e. The van der Waals surface area contributed by atoms with E-state index in [4.69, 9.17) is 23.7 Å². The molecule has 2 aromatic carbocycles. The Morgan fingerprint density at radius 3 is 2.05 bits per heavy atom. The van der Waals surface area contributed by atoms with Gasteiger partial charge in [-0.05, 0) is 24.1 Å². The zero-order valence-electron chi connectivity index (χ0n) is 11.0. The molecule has 0 atom stereocenters. The molecule has 0 amide bonds. The van der Waals surface area contributed by atoms with Crippen LogP contribution in [0.1, 0.15) is 22.3 Å². The van der Waals surface area contributed by atoms with Gasteiger partial charge in [0, 0.05) is 0 Å². The maximum absolute atomic E-state index is 9.02. The van der Waals surface area contributed by atoms with Gasteiger partial charge < -0.3 is 0 Å². The van der Waals surface area contributed by atoms with E-state index >= 15 is 0 Å². The Labute approximate surface area is 122 Å². The third-order valence-electron chi connectivity index (χ3n) is 3.01. The Balaban J connectivity index is 2.36. The van der Waals surface area contributed by atoms with Gasteiger partial charge in [-0.2, -0.15) is 10.5 Å². The molecule has 0 bridgehead atoms. The predicted octanol–water partition coefficient (Wildman–Crippen LogP) is 4.12. The predicted molar refractivity (Wildman–Crippen MR) is 77.6 cm³/mol. The molecule has 2 rings (SSSR count).